The molecule has 0 aliphatic carbocycles. The number of nitrogens with zero attached hydrogens (tertiary/aromatic N) is 5. The van der Waals surface area contributed by atoms with Crippen molar-refractivity contribution in [2.45, 2.75) is 26.2 Å². The summed E-state index contributed by atoms with van der Waals surface area (Å²) in [4.78, 5) is 48.9. The topological polar surface area (TPSA) is 86.3 Å². The Kier molecular flexibility index (Phi) is 7.70. The summed E-state index contributed by atoms with van der Waals surface area (Å²) in [5.74, 6) is 0.620. The maximum absolute atomic E-state index is 13.1. The van der Waals surface area contributed by atoms with Crippen molar-refractivity contribution < 1.29 is 19.1 Å². The molecule has 3 heterocycles. The van der Waals surface area contributed by atoms with Crippen molar-refractivity contribution in [2.24, 2.45) is 5.92 Å². The van der Waals surface area contributed by atoms with Gasteiger partial charge in [-0.3, -0.25) is 4.79 Å². The Morgan fingerprint density at radius 3 is 2.39 bits per heavy atom. The molecule has 31 heavy (non-hydrogen) atoms. The number of esters is 1. The molecule has 0 bridgehead atoms. The second kappa shape index (κ2) is 10.5. The first-order valence-corrected chi connectivity index (χ1v) is 11.0. The molecule has 2 saturated heterocycles. The monoisotopic (exact) mass is 431 g/mol. The van der Waals surface area contributed by atoms with Crippen LogP contribution in [0.5, 0.6) is 0 Å². The van der Waals surface area contributed by atoms with Gasteiger partial charge in [-0.15, -0.1) is 0 Å². The van der Waals surface area contributed by atoms with Crippen LogP contribution in [-0.4, -0.2) is 97.6 Å². The average molecular weight is 432 g/mol. The van der Waals surface area contributed by atoms with Gasteiger partial charge in [-0.25, -0.2) is 14.6 Å². The molecule has 2 aliphatic heterocycles. The van der Waals surface area contributed by atoms with Crippen molar-refractivity contribution in [3.05, 3.63) is 23.9 Å². The highest BCUT2D eigenvalue weighted by molar-refractivity contribution is 5.89. The summed E-state index contributed by atoms with van der Waals surface area (Å²) in [6, 6.07) is 3.58. The van der Waals surface area contributed by atoms with Crippen LogP contribution < -0.4 is 4.90 Å². The van der Waals surface area contributed by atoms with Crippen molar-refractivity contribution in [3.8, 4) is 0 Å². The Hall–Kier alpha value is -2.84. The highest BCUT2D eigenvalue weighted by atomic mass is 16.5. The predicted octanol–water partition coefficient (Wildman–Crippen LogP) is 1.69. The van der Waals surface area contributed by atoms with E-state index in [1.54, 1.807) is 38.2 Å². The molecule has 1 aromatic rings. The lowest BCUT2D eigenvalue weighted by molar-refractivity contribution is -0.136. The van der Waals surface area contributed by atoms with Crippen LogP contribution in [0.1, 0.15) is 36.5 Å². The normalized spacial score (nSPS) is 17.8. The van der Waals surface area contributed by atoms with E-state index in [1.807, 2.05) is 15.9 Å². The van der Waals surface area contributed by atoms with Gasteiger partial charge >= 0.3 is 12.0 Å². The van der Waals surface area contributed by atoms with E-state index in [1.165, 1.54) is 0 Å². The molecule has 3 amide bonds. The molecular formula is C22H33N5O4. The Balaban J connectivity index is 1.52. The summed E-state index contributed by atoms with van der Waals surface area (Å²) in [6.07, 6.45) is 3.85. The third-order valence-corrected chi connectivity index (χ3v) is 5.89. The number of ether oxygens (including phenoxy) is 1. The molecule has 2 fully saturated rings. The number of likely N-dealkylation sites (tertiary alicyclic amines) is 1. The number of carbonyl (C=O) groups excluding carboxylic acids is 3. The Morgan fingerprint density at radius 2 is 1.77 bits per heavy atom. The van der Waals surface area contributed by atoms with E-state index < -0.39 is 0 Å². The van der Waals surface area contributed by atoms with Crippen LogP contribution in [0, 0.1) is 5.92 Å². The summed E-state index contributed by atoms with van der Waals surface area (Å²) in [5.41, 5.74) is 0.441. The predicted molar refractivity (Wildman–Crippen MR) is 117 cm³/mol. The third kappa shape index (κ3) is 5.65. The molecule has 0 unspecified atom stereocenters. The summed E-state index contributed by atoms with van der Waals surface area (Å²) in [7, 11) is 3.50. The van der Waals surface area contributed by atoms with Gasteiger partial charge in [0.2, 0.25) is 5.91 Å². The molecule has 0 aromatic carbocycles. The van der Waals surface area contributed by atoms with Crippen LogP contribution in [0.15, 0.2) is 18.3 Å². The van der Waals surface area contributed by atoms with Gasteiger partial charge in [0.1, 0.15) is 5.82 Å². The molecule has 9 nitrogen and oxygen atoms in total. The smallest absolute Gasteiger partial charge is 0.339 e. The van der Waals surface area contributed by atoms with Gasteiger partial charge < -0.3 is 24.3 Å². The lowest BCUT2D eigenvalue weighted by Gasteiger charge is -2.35. The van der Waals surface area contributed by atoms with E-state index in [0.29, 0.717) is 38.3 Å². The van der Waals surface area contributed by atoms with Gasteiger partial charge in [0.05, 0.1) is 12.2 Å². The highest BCUT2D eigenvalue weighted by Crippen LogP contribution is 2.22. The number of urea groups is 1. The molecule has 9 heteroatoms. The first kappa shape index (κ1) is 22.8. The number of pyridine rings is 1. The van der Waals surface area contributed by atoms with E-state index in [4.69, 9.17) is 4.74 Å². The average Bonchev–Trinajstić information content (AvgIpc) is 3.05. The number of anilines is 1. The Bertz CT molecular complexity index is 775. The van der Waals surface area contributed by atoms with E-state index in [9.17, 15) is 14.4 Å². The van der Waals surface area contributed by atoms with Gasteiger partial charge in [-0.05, 0) is 38.3 Å². The molecule has 0 spiro atoms. The lowest BCUT2D eigenvalue weighted by atomic mass is 9.95. The summed E-state index contributed by atoms with van der Waals surface area (Å²) >= 11 is 0. The zero-order valence-electron chi connectivity index (χ0n) is 18.7. The van der Waals surface area contributed by atoms with Gasteiger partial charge in [-0.1, -0.05) is 0 Å². The maximum atomic E-state index is 13.1. The molecular weight excluding hydrogens is 398 g/mol. The van der Waals surface area contributed by atoms with Crippen molar-refractivity contribution in [1.82, 2.24) is 19.7 Å². The number of piperidine rings is 1. The van der Waals surface area contributed by atoms with Gasteiger partial charge in [0.15, 0.2) is 0 Å². The van der Waals surface area contributed by atoms with Crippen LogP contribution >= 0.6 is 0 Å². The van der Waals surface area contributed by atoms with Gasteiger partial charge in [0, 0.05) is 65.5 Å². The molecule has 0 radical (unpaired) electrons. The van der Waals surface area contributed by atoms with Crippen molar-refractivity contribution in [1.29, 1.82) is 0 Å². The standard InChI is InChI=1S/C22H33N5O4/c1-4-31-21(29)18-6-7-19(23-16-18)25-10-5-11-26(15-14-25)20(28)17-8-12-27(13-9-17)22(30)24(2)3/h6-7,16-17H,4-5,8-15H2,1-3H3. The number of rotatable bonds is 4. The number of carbonyl (C=O) groups is 3. The van der Waals surface area contributed by atoms with Crippen molar-refractivity contribution in [2.75, 3.05) is 64.9 Å². The number of aromatic nitrogens is 1. The minimum atomic E-state index is -0.368. The zero-order valence-corrected chi connectivity index (χ0v) is 18.7. The van der Waals surface area contributed by atoms with Gasteiger partial charge in [0.25, 0.3) is 0 Å². The molecule has 0 saturated carbocycles. The van der Waals surface area contributed by atoms with Crippen LogP contribution in [0.3, 0.4) is 0 Å². The summed E-state index contributed by atoms with van der Waals surface area (Å²) < 4.78 is 5.00. The SMILES string of the molecule is CCOC(=O)c1ccc(N2CCCN(C(=O)C3CCN(C(=O)N(C)C)CC3)CC2)nc1. The third-order valence-electron chi connectivity index (χ3n) is 5.89. The second-order valence-corrected chi connectivity index (χ2v) is 8.23. The molecule has 1 aromatic heterocycles. The van der Waals surface area contributed by atoms with Gasteiger partial charge in [-0.2, -0.15) is 0 Å². The molecule has 170 valence electrons. The maximum Gasteiger partial charge on any atom is 0.339 e. The minimum absolute atomic E-state index is 0.0118. The number of hydrogen-bond acceptors (Lipinski definition) is 6. The largest absolute Gasteiger partial charge is 0.462 e. The lowest BCUT2D eigenvalue weighted by Crippen LogP contribution is -2.47. The molecule has 0 atom stereocenters. The fraction of sp³-hybridized carbons (Fsp3) is 0.636. The van der Waals surface area contributed by atoms with Crippen LogP contribution in [0.4, 0.5) is 10.6 Å². The Labute approximate surface area is 183 Å². The summed E-state index contributed by atoms with van der Waals surface area (Å²) in [5, 5.41) is 0. The fourth-order valence-electron chi connectivity index (χ4n) is 4.13. The van der Waals surface area contributed by atoms with E-state index in [0.717, 1.165) is 38.2 Å². The van der Waals surface area contributed by atoms with Crippen molar-refractivity contribution >= 4 is 23.7 Å². The number of amides is 3. The first-order valence-electron chi connectivity index (χ1n) is 11.0. The second-order valence-electron chi connectivity index (χ2n) is 8.23. The highest BCUT2D eigenvalue weighted by Gasteiger charge is 2.31. The molecule has 2 aliphatic rings. The van der Waals surface area contributed by atoms with E-state index >= 15 is 0 Å². The van der Waals surface area contributed by atoms with E-state index in [-0.39, 0.29) is 23.8 Å². The number of hydrogen-bond donors (Lipinski definition) is 0. The molecule has 3 rings (SSSR count). The van der Waals surface area contributed by atoms with E-state index in [2.05, 4.69) is 9.88 Å². The zero-order chi connectivity index (χ0) is 22.4. The fourth-order valence-corrected chi connectivity index (χ4v) is 4.13. The van der Waals surface area contributed by atoms with Crippen molar-refractivity contribution in [3.63, 3.8) is 0 Å². The van der Waals surface area contributed by atoms with Crippen LogP contribution in [-0.2, 0) is 9.53 Å². The Morgan fingerprint density at radius 1 is 1.03 bits per heavy atom. The minimum Gasteiger partial charge on any atom is -0.462 e. The van der Waals surface area contributed by atoms with Crippen LogP contribution in [0.25, 0.3) is 0 Å². The van der Waals surface area contributed by atoms with Crippen LogP contribution in [0.2, 0.25) is 0 Å². The molecule has 0 N–H and O–H groups in total. The first-order chi connectivity index (χ1) is 14.9. The quantitative estimate of drug-likeness (QED) is 0.675. The summed E-state index contributed by atoms with van der Waals surface area (Å²) in [6.45, 7) is 6.26.